The van der Waals surface area contributed by atoms with Gasteiger partial charge in [-0.15, -0.1) is 0 Å². The second-order valence-electron chi connectivity index (χ2n) is 5.50. The number of benzene rings is 1. The number of hydrogen-bond donors (Lipinski definition) is 2. The molecule has 2 amide bonds. The third kappa shape index (κ3) is 5.22. The number of carbonyl (C=O) groups excluding carboxylic acids is 1. The van der Waals surface area contributed by atoms with Crippen LogP contribution in [-0.2, 0) is 0 Å². The maximum Gasteiger partial charge on any atom is 0.315 e. The van der Waals surface area contributed by atoms with E-state index in [-0.39, 0.29) is 30.5 Å². The summed E-state index contributed by atoms with van der Waals surface area (Å²) in [6.07, 6.45) is 4.16. The van der Waals surface area contributed by atoms with Crippen LogP contribution in [-0.4, -0.2) is 23.7 Å². The molecule has 0 aliphatic rings. The number of rotatable bonds is 7. The number of hydrogen-bond acceptors (Lipinski definition) is 3. The number of nitrogens with one attached hydrogen (secondary N) is 2. The number of aromatic nitrogens is 1. The van der Waals surface area contributed by atoms with Crippen molar-refractivity contribution in [2.75, 3.05) is 6.61 Å². The molecular formula is C18H22FN3O2. The van der Waals surface area contributed by atoms with Crippen molar-refractivity contribution in [3.8, 4) is 5.75 Å². The standard InChI is InChI=1S/C18H22FN3O2/c1-3-16(14-8-10-20-11-9-14)22-18(23)21-13(2)12-24-17-7-5-4-6-15(17)19/h4-11,13,16H,3,12H2,1-2H3,(H2,21,22,23)/t13-,16-/m1/s1. The fraction of sp³-hybridized carbons (Fsp3) is 0.333. The fourth-order valence-corrected chi connectivity index (χ4v) is 2.26. The van der Waals surface area contributed by atoms with Crippen molar-refractivity contribution in [3.05, 3.63) is 60.2 Å². The van der Waals surface area contributed by atoms with E-state index in [0.29, 0.717) is 0 Å². The first-order valence-corrected chi connectivity index (χ1v) is 7.94. The molecule has 1 heterocycles. The predicted octanol–water partition coefficient (Wildman–Crippen LogP) is 3.44. The minimum Gasteiger partial charge on any atom is -0.488 e. The molecule has 6 heteroatoms. The minimum absolute atomic E-state index is 0.0901. The molecule has 0 spiro atoms. The van der Waals surface area contributed by atoms with Gasteiger partial charge in [-0.3, -0.25) is 4.98 Å². The van der Waals surface area contributed by atoms with Gasteiger partial charge in [-0.2, -0.15) is 0 Å². The Kier molecular flexibility index (Phi) is 6.54. The van der Waals surface area contributed by atoms with Crippen molar-refractivity contribution < 1.29 is 13.9 Å². The lowest BCUT2D eigenvalue weighted by atomic mass is 10.1. The second-order valence-corrected chi connectivity index (χ2v) is 5.50. The summed E-state index contributed by atoms with van der Waals surface area (Å²) in [7, 11) is 0. The molecule has 0 fully saturated rings. The zero-order valence-corrected chi connectivity index (χ0v) is 13.8. The molecule has 0 saturated heterocycles. The average Bonchev–Trinajstić information content (AvgIpc) is 2.59. The molecule has 2 atom stereocenters. The third-order valence-corrected chi connectivity index (χ3v) is 3.53. The summed E-state index contributed by atoms with van der Waals surface area (Å²) < 4.78 is 18.9. The molecule has 128 valence electrons. The van der Waals surface area contributed by atoms with Gasteiger partial charge >= 0.3 is 6.03 Å². The topological polar surface area (TPSA) is 63.2 Å². The monoisotopic (exact) mass is 331 g/mol. The number of amides is 2. The van der Waals surface area contributed by atoms with Gasteiger partial charge in [-0.1, -0.05) is 19.1 Å². The van der Waals surface area contributed by atoms with Gasteiger partial charge in [0.05, 0.1) is 12.1 Å². The molecule has 1 aromatic carbocycles. The maximum atomic E-state index is 13.5. The zero-order valence-electron chi connectivity index (χ0n) is 13.8. The van der Waals surface area contributed by atoms with Crippen LogP contribution in [0.3, 0.4) is 0 Å². The van der Waals surface area contributed by atoms with Gasteiger partial charge in [0.1, 0.15) is 6.61 Å². The number of urea groups is 1. The molecular weight excluding hydrogens is 309 g/mol. The summed E-state index contributed by atoms with van der Waals surface area (Å²) in [6.45, 7) is 3.98. The van der Waals surface area contributed by atoms with Crippen LogP contribution in [0.25, 0.3) is 0 Å². The number of carbonyl (C=O) groups is 1. The SMILES string of the molecule is CC[C@@H](NC(=O)N[C@H](C)COc1ccccc1F)c1ccncc1. The second kappa shape index (κ2) is 8.86. The molecule has 0 unspecified atom stereocenters. The van der Waals surface area contributed by atoms with E-state index in [2.05, 4.69) is 15.6 Å². The molecule has 0 aliphatic heterocycles. The quantitative estimate of drug-likeness (QED) is 0.817. The van der Waals surface area contributed by atoms with E-state index in [9.17, 15) is 9.18 Å². The van der Waals surface area contributed by atoms with Crippen molar-refractivity contribution in [2.24, 2.45) is 0 Å². The van der Waals surface area contributed by atoms with Crippen LogP contribution in [0, 0.1) is 5.82 Å². The van der Waals surface area contributed by atoms with Crippen LogP contribution in [0.4, 0.5) is 9.18 Å². The third-order valence-electron chi connectivity index (χ3n) is 3.53. The minimum atomic E-state index is -0.419. The zero-order chi connectivity index (χ0) is 17.4. The molecule has 2 aromatic rings. The van der Waals surface area contributed by atoms with E-state index in [1.165, 1.54) is 6.07 Å². The smallest absolute Gasteiger partial charge is 0.315 e. The highest BCUT2D eigenvalue weighted by atomic mass is 19.1. The average molecular weight is 331 g/mol. The Labute approximate surface area is 141 Å². The van der Waals surface area contributed by atoms with E-state index < -0.39 is 5.82 Å². The van der Waals surface area contributed by atoms with Crippen molar-refractivity contribution in [1.82, 2.24) is 15.6 Å². The number of pyridine rings is 1. The highest BCUT2D eigenvalue weighted by molar-refractivity contribution is 5.74. The van der Waals surface area contributed by atoms with Gasteiger partial charge in [-0.25, -0.2) is 9.18 Å². The summed E-state index contributed by atoms with van der Waals surface area (Å²) in [5, 5.41) is 5.71. The maximum absolute atomic E-state index is 13.5. The first-order chi connectivity index (χ1) is 11.6. The predicted molar refractivity (Wildman–Crippen MR) is 90.3 cm³/mol. The Balaban J connectivity index is 1.82. The van der Waals surface area contributed by atoms with Crippen LogP contribution < -0.4 is 15.4 Å². The number of ether oxygens (including phenoxy) is 1. The lowest BCUT2D eigenvalue weighted by Gasteiger charge is -2.20. The molecule has 0 aliphatic carbocycles. The highest BCUT2D eigenvalue weighted by Crippen LogP contribution is 2.16. The first kappa shape index (κ1) is 17.7. The Bertz CT molecular complexity index is 652. The molecule has 0 saturated carbocycles. The number of nitrogens with zero attached hydrogens (tertiary/aromatic N) is 1. The molecule has 2 rings (SSSR count). The van der Waals surface area contributed by atoms with Gasteiger partial charge in [0.25, 0.3) is 0 Å². The summed E-state index contributed by atoms with van der Waals surface area (Å²) >= 11 is 0. The summed E-state index contributed by atoms with van der Waals surface area (Å²) in [5.74, 6) is -0.243. The van der Waals surface area contributed by atoms with Gasteiger partial charge in [0, 0.05) is 12.4 Å². The van der Waals surface area contributed by atoms with Gasteiger partial charge in [0.2, 0.25) is 0 Å². The number of halogens is 1. The number of para-hydroxylation sites is 1. The van der Waals surface area contributed by atoms with Crippen LogP contribution in [0.1, 0.15) is 31.9 Å². The van der Waals surface area contributed by atoms with Gasteiger partial charge in [0.15, 0.2) is 11.6 Å². The van der Waals surface area contributed by atoms with E-state index in [1.807, 2.05) is 19.1 Å². The largest absolute Gasteiger partial charge is 0.488 e. The van der Waals surface area contributed by atoms with E-state index >= 15 is 0 Å². The molecule has 0 bridgehead atoms. The molecule has 0 radical (unpaired) electrons. The van der Waals surface area contributed by atoms with Crippen molar-refractivity contribution in [1.29, 1.82) is 0 Å². The van der Waals surface area contributed by atoms with Gasteiger partial charge in [-0.05, 0) is 43.2 Å². The van der Waals surface area contributed by atoms with Crippen LogP contribution in [0.2, 0.25) is 0 Å². The Hall–Kier alpha value is -2.63. The first-order valence-electron chi connectivity index (χ1n) is 7.94. The van der Waals surface area contributed by atoms with E-state index in [1.54, 1.807) is 37.5 Å². The lowest BCUT2D eigenvalue weighted by molar-refractivity contribution is 0.221. The molecule has 1 aromatic heterocycles. The Morgan fingerprint density at radius 3 is 2.58 bits per heavy atom. The molecule has 2 N–H and O–H groups in total. The Morgan fingerprint density at radius 1 is 1.21 bits per heavy atom. The summed E-state index contributed by atoms with van der Waals surface area (Å²) in [4.78, 5) is 16.1. The van der Waals surface area contributed by atoms with Crippen molar-refractivity contribution in [2.45, 2.75) is 32.4 Å². The van der Waals surface area contributed by atoms with E-state index in [0.717, 1.165) is 12.0 Å². The van der Waals surface area contributed by atoms with Crippen molar-refractivity contribution >= 4 is 6.03 Å². The lowest BCUT2D eigenvalue weighted by Crippen LogP contribution is -2.44. The summed E-state index contributed by atoms with van der Waals surface area (Å²) in [5.41, 5.74) is 0.998. The van der Waals surface area contributed by atoms with Gasteiger partial charge < -0.3 is 15.4 Å². The molecule has 24 heavy (non-hydrogen) atoms. The highest BCUT2D eigenvalue weighted by Gasteiger charge is 2.14. The van der Waals surface area contributed by atoms with Crippen LogP contribution >= 0.6 is 0 Å². The summed E-state index contributed by atoms with van der Waals surface area (Å²) in [6, 6.07) is 9.29. The normalized spacial score (nSPS) is 13.0. The van der Waals surface area contributed by atoms with Crippen molar-refractivity contribution in [3.63, 3.8) is 0 Å². The molecule has 5 nitrogen and oxygen atoms in total. The fourth-order valence-electron chi connectivity index (χ4n) is 2.26. The Morgan fingerprint density at radius 2 is 1.92 bits per heavy atom. The van der Waals surface area contributed by atoms with E-state index in [4.69, 9.17) is 4.74 Å². The van der Waals surface area contributed by atoms with Crippen LogP contribution in [0.15, 0.2) is 48.8 Å². The van der Waals surface area contributed by atoms with Crippen LogP contribution in [0.5, 0.6) is 5.75 Å².